The average molecular weight is 508 g/mol. The van der Waals surface area contributed by atoms with Crippen LogP contribution in [-0.4, -0.2) is 63.6 Å². The first kappa shape index (κ1) is 28.8. The molecule has 1 aliphatic rings. The van der Waals surface area contributed by atoms with Gasteiger partial charge in [-0.1, -0.05) is 25.5 Å². The van der Waals surface area contributed by atoms with Crippen LogP contribution in [0.5, 0.6) is 5.75 Å². The minimum atomic E-state index is -0.918. The Labute approximate surface area is 213 Å². The second kappa shape index (κ2) is 13.0. The molecule has 1 aromatic rings. The highest BCUT2D eigenvalue weighted by molar-refractivity contribution is 7.98. The number of nitrogens with zero attached hydrogens (tertiary/aromatic N) is 1. The monoisotopic (exact) mass is 507 g/mol. The Morgan fingerprint density at radius 2 is 1.89 bits per heavy atom. The van der Waals surface area contributed by atoms with Gasteiger partial charge in [-0.05, 0) is 83.1 Å². The van der Waals surface area contributed by atoms with Crippen molar-refractivity contribution < 1.29 is 24.2 Å². The molecule has 3 unspecified atom stereocenters. The fourth-order valence-electron chi connectivity index (χ4n) is 3.95. The molecule has 0 spiro atoms. The van der Waals surface area contributed by atoms with Crippen molar-refractivity contribution in [2.75, 3.05) is 12.0 Å². The van der Waals surface area contributed by atoms with Crippen molar-refractivity contribution in [2.45, 2.75) is 96.5 Å². The van der Waals surface area contributed by atoms with Crippen LogP contribution in [0.3, 0.4) is 0 Å². The number of thioether (sulfide) groups is 1. The number of nitrogens with one attached hydrogen (secondary N) is 2. The smallest absolute Gasteiger partial charge is 0.408 e. The molecule has 3 N–H and O–H groups in total. The third-order valence-corrected chi connectivity index (χ3v) is 6.26. The number of carbonyl (C=O) groups excluding carboxylic acids is 3. The van der Waals surface area contributed by atoms with Crippen LogP contribution < -0.4 is 10.6 Å². The predicted molar refractivity (Wildman–Crippen MR) is 139 cm³/mol. The van der Waals surface area contributed by atoms with Crippen molar-refractivity contribution in [2.24, 2.45) is 0 Å². The van der Waals surface area contributed by atoms with Gasteiger partial charge in [-0.25, -0.2) is 4.79 Å². The van der Waals surface area contributed by atoms with E-state index in [4.69, 9.17) is 4.74 Å². The summed E-state index contributed by atoms with van der Waals surface area (Å²) in [6, 6.07) is 4.55. The topological polar surface area (TPSA) is 108 Å². The van der Waals surface area contributed by atoms with Gasteiger partial charge in [0.25, 0.3) is 0 Å². The standard InChI is InChI=1S/C26H41N3O5S/c1-7-9-17(2)27-23(31)22(18-10-8-11-20(30)16-18)29(19-12-13-19)24(32)21(14-15-35-6)28-25(33)34-26(3,4)5/h8,10-11,16-17,19,21-22,30H,7,9,12-15H2,1-6H3,(H,27,31)(H,28,33). The van der Waals surface area contributed by atoms with Crippen LogP contribution in [0.25, 0.3) is 0 Å². The maximum absolute atomic E-state index is 14.0. The molecule has 3 amide bonds. The normalized spacial score (nSPS) is 16.1. The van der Waals surface area contributed by atoms with Crippen LogP contribution in [0.15, 0.2) is 24.3 Å². The number of hydrogen-bond acceptors (Lipinski definition) is 6. The van der Waals surface area contributed by atoms with Gasteiger partial charge in [0.15, 0.2) is 0 Å². The number of carbonyl (C=O) groups is 3. The zero-order valence-corrected chi connectivity index (χ0v) is 22.6. The van der Waals surface area contributed by atoms with E-state index in [-0.39, 0.29) is 29.6 Å². The summed E-state index contributed by atoms with van der Waals surface area (Å²) in [4.78, 5) is 41.7. The van der Waals surface area contributed by atoms with Crippen molar-refractivity contribution in [1.29, 1.82) is 0 Å². The van der Waals surface area contributed by atoms with Crippen molar-refractivity contribution >= 4 is 29.7 Å². The Morgan fingerprint density at radius 1 is 1.20 bits per heavy atom. The number of phenolic OH excluding ortho intramolecular Hbond substituents is 1. The first-order valence-electron chi connectivity index (χ1n) is 12.4. The van der Waals surface area contributed by atoms with E-state index < -0.39 is 23.8 Å². The summed E-state index contributed by atoms with van der Waals surface area (Å²) >= 11 is 1.58. The molecule has 1 aromatic carbocycles. The zero-order valence-electron chi connectivity index (χ0n) is 21.8. The Morgan fingerprint density at radius 3 is 2.43 bits per heavy atom. The van der Waals surface area contributed by atoms with Crippen LogP contribution in [-0.2, 0) is 14.3 Å². The first-order chi connectivity index (χ1) is 16.5. The van der Waals surface area contributed by atoms with E-state index in [0.717, 1.165) is 25.7 Å². The van der Waals surface area contributed by atoms with E-state index in [1.54, 1.807) is 49.6 Å². The van der Waals surface area contributed by atoms with Crippen molar-refractivity contribution in [3.05, 3.63) is 29.8 Å². The van der Waals surface area contributed by atoms with Gasteiger partial charge in [0.1, 0.15) is 23.4 Å². The second-order valence-corrected chi connectivity index (χ2v) is 11.1. The lowest BCUT2D eigenvalue weighted by Gasteiger charge is -2.35. The Balaban J connectivity index is 2.41. The van der Waals surface area contributed by atoms with Crippen molar-refractivity contribution in [3.63, 3.8) is 0 Å². The molecule has 3 atom stereocenters. The van der Waals surface area contributed by atoms with E-state index in [2.05, 4.69) is 10.6 Å². The second-order valence-electron chi connectivity index (χ2n) is 10.2. The van der Waals surface area contributed by atoms with Crippen LogP contribution in [0.4, 0.5) is 4.79 Å². The van der Waals surface area contributed by atoms with Crippen LogP contribution in [0.2, 0.25) is 0 Å². The van der Waals surface area contributed by atoms with Crippen molar-refractivity contribution in [3.8, 4) is 5.75 Å². The highest BCUT2D eigenvalue weighted by atomic mass is 32.2. The Kier molecular flexibility index (Phi) is 10.7. The number of ether oxygens (including phenoxy) is 1. The summed E-state index contributed by atoms with van der Waals surface area (Å²) in [6.45, 7) is 9.29. The summed E-state index contributed by atoms with van der Waals surface area (Å²) in [6.07, 6.45) is 4.96. The van der Waals surface area contributed by atoms with Gasteiger partial charge in [-0.15, -0.1) is 0 Å². The molecule has 35 heavy (non-hydrogen) atoms. The number of aromatic hydroxyl groups is 1. The molecule has 1 fully saturated rings. The molecule has 9 heteroatoms. The molecule has 0 radical (unpaired) electrons. The zero-order chi connectivity index (χ0) is 26.2. The molecule has 196 valence electrons. The molecule has 2 rings (SSSR count). The first-order valence-corrected chi connectivity index (χ1v) is 13.8. The lowest BCUT2D eigenvalue weighted by atomic mass is 10.0. The molecule has 0 aromatic heterocycles. The quantitative estimate of drug-likeness (QED) is 0.388. The van der Waals surface area contributed by atoms with E-state index in [1.807, 2.05) is 20.1 Å². The Bertz CT molecular complexity index is 869. The molecule has 0 heterocycles. The van der Waals surface area contributed by atoms with Gasteiger partial charge in [0.2, 0.25) is 11.8 Å². The largest absolute Gasteiger partial charge is 0.508 e. The van der Waals surface area contributed by atoms with Crippen LogP contribution in [0.1, 0.15) is 78.3 Å². The lowest BCUT2D eigenvalue weighted by molar-refractivity contribution is -0.143. The molecule has 0 aliphatic heterocycles. The van der Waals surface area contributed by atoms with Crippen LogP contribution >= 0.6 is 11.8 Å². The molecular formula is C26H41N3O5S. The molecule has 1 saturated carbocycles. The molecular weight excluding hydrogens is 466 g/mol. The van der Waals surface area contributed by atoms with E-state index in [0.29, 0.717) is 17.7 Å². The van der Waals surface area contributed by atoms with Crippen molar-refractivity contribution in [1.82, 2.24) is 15.5 Å². The Hall–Kier alpha value is -2.42. The SMILES string of the molecule is CCCC(C)NC(=O)C(c1cccc(O)c1)N(C(=O)C(CCSC)NC(=O)OC(C)(C)C)C1CC1. The number of amides is 3. The lowest BCUT2D eigenvalue weighted by Crippen LogP contribution is -2.54. The summed E-state index contributed by atoms with van der Waals surface area (Å²) in [5, 5.41) is 15.9. The van der Waals surface area contributed by atoms with E-state index in [9.17, 15) is 19.5 Å². The van der Waals surface area contributed by atoms with E-state index in [1.165, 1.54) is 12.1 Å². The average Bonchev–Trinajstić information content (AvgIpc) is 3.58. The van der Waals surface area contributed by atoms with Gasteiger partial charge in [0, 0.05) is 12.1 Å². The summed E-state index contributed by atoms with van der Waals surface area (Å²) in [5.74, 6) is 0.0639. The summed E-state index contributed by atoms with van der Waals surface area (Å²) in [7, 11) is 0. The summed E-state index contributed by atoms with van der Waals surface area (Å²) < 4.78 is 5.40. The number of phenols is 1. The predicted octanol–water partition coefficient (Wildman–Crippen LogP) is 4.38. The third kappa shape index (κ3) is 9.28. The minimum absolute atomic E-state index is 0.0240. The van der Waals surface area contributed by atoms with Gasteiger partial charge >= 0.3 is 6.09 Å². The molecule has 0 bridgehead atoms. The maximum atomic E-state index is 14.0. The fraction of sp³-hybridized carbons (Fsp3) is 0.654. The summed E-state index contributed by atoms with van der Waals surface area (Å²) in [5.41, 5.74) is -0.167. The number of hydrogen-bond donors (Lipinski definition) is 3. The van der Waals surface area contributed by atoms with Crippen LogP contribution in [0, 0.1) is 0 Å². The highest BCUT2D eigenvalue weighted by Gasteiger charge is 2.44. The van der Waals surface area contributed by atoms with Gasteiger partial charge in [-0.2, -0.15) is 11.8 Å². The molecule has 8 nitrogen and oxygen atoms in total. The maximum Gasteiger partial charge on any atom is 0.408 e. The molecule has 1 aliphatic carbocycles. The minimum Gasteiger partial charge on any atom is -0.508 e. The number of alkyl carbamates (subject to hydrolysis) is 1. The fourth-order valence-corrected chi connectivity index (χ4v) is 4.43. The van der Waals surface area contributed by atoms with Gasteiger partial charge < -0.3 is 25.4 Å². The number of benzene rings is 1. The van der Waals surface area contributed by atoms with Gasteiger partial charge in [-0.3, -0.25) is 9.59 Å². The van der Waals surface area contributed by atoms with E-state index >= 15 is 0 Å². The number of rotatable bonds is 12. The highest BCUT2D eigenvalue weighted by Crippen LogP contribution is 2.36. The molecule has 0 saturated heterocycles. The van der Waals surface area contributed by atoms with Gasteiger partial charge in [0.05, 0.1) is 0 Å². The third-order valence-electron chi connectivity index (χ3n) is 5.62.